The molecule has 3 rings (SSSR count). The maximum atomic E-state index is 5.21. The van der Waals surface area contributed by atoms with Crippen LogP contribution in [0.4, 0.5) is 5.95 Å². The molecule has 1 heterocycles. The highest BCUT2D eigenvalue weighted by Gasteiger charge is 2.14. The number of methoxy groups -OCH3 is 1. The van der Waals surface area contributed by atoms with Crippen LogP contribution in [0.5, 0.6) is 5.75 Å². The maximum Gasteiger partial charge on any atom is 0.248 e. The fourth-order valence-electron chi connectivity index (χ4n) is 2.43. The number of anilines is 1. The third-order valence-corrected chi connectivity index (χ3v) is 3.70. The molecule has 6 heteroatoms. The summed E-state index contributed by atoms with van der Waals surface area (Å²) in [6.45, 7) is 2.12. The minimum absolute atomic E-state index is 0.120. The van der Waals surface area contributed by atoms with Crippen LogP contribution in [-0.2, 0) is 0 Å². The number of ether oxygens (including phenoxy) is 1. The molecule has 0 aliphatic heterocycles. The third-order valence-electron chi connectivity index (χ3n) is 3.70. The average molecular weight is 309 g/mol. The first-order chi connectivity index (χ1) is 11.3. The topological polar surface area (TPSA) is 64.9 Å². The van der Waals surface area contributed by atoms with Gasteiger partial charge in [0.25, 0.3) is 0 Å². The zero-order chi connectivity index (χ0) is 16.1. The van der Waals surface area contributed by atoms with Crippen LogP contribution in [0.1, 0.15) is 24.9 Å². The van der Waals surface area contributed by atoms with Crippen molar-refractivity contribution in [2.45, 2.75) is 19.4 Å². The second-order valence-electron chi connectivity index (χ2n) is 5.13. The number of para-hydroxylation sites is 1. The van der Waals surface area contributed by atoms with E-state index in [9.17, 15) is 0 Å². The smallest absolute Gasteiger partial charge is 0.248 e. The van der Waals surface area contributed by atoms with E-state index in [0.29, 0.717) is 5.95 Å². The summed E-state index contributed by atoms with van der Waals surface area (Å²) in [6.07, 6.45) is 0.911. The summed E-state index contributed by atoms with van der Waals surface area (Å²) in [5.41, 5.74) is 2.08. The van der Waals surface area contributed by atoms with Crippen molar-refractivity contribution >= 4 is 5.95 Å². The van der Waals surface area contributed by atoms with E-state index in [2.05, 4.69) is 39.9 Å². The van der Waals surface area contributed by atoms with Crippen LogP contribution >= 0.6 is 0 Å². The van der Waals surface area contributed by atoms with Crippen LogP contribution in [0.15, 0.2) is 54.6 Å². The molecule has 1 atom stereocenters. The lowest BCUT2D eigenvalue weighted by Gasteiger charge is -2.18. The van der Waals surface area contributed by atoms with Crippen molar-refractivity contribution in [3.63, 3.8) is 0 Å². The molecule has 0 radical (unpaired) electrons. The van der Waals surface area contributed by atoms with Crippen molar-refractivity contribution in [3.8, 4) is 11.4 Å². The summed E-state index contributed by atoms with van der Waals surface area (Å²) in [6, 6.07) is 18.0. The molecule has 6 nitrogen and oxygen atoms in total. The number of tetrazole rings is 1. The molecule has 0 spiro atoms. The van der Waals surface area contributed by atoms with Crippen molar-refractivity contribution in [2.75, 3.05) is 12.4 Å². The van der Waals surface area contributed by atoms with E-state index in [4.69, 9.17) is 4.74 Å². The molecule has 0 saturated heterocycles. The number of nitrogens with zero attached hydrogens (tertiary/aromatic N) is 4. The van der Waals surface area contributed by atoms with Gasteiger partial charge in [0.1, 0.15) is 5.75 Å². The zero-order valence-electron chi connectivity index (χ0n) is 13.2. The second-order valence-corrected chi connectivity index (χ2v) is 5.13. The molecular formula is C17H19N5O. The van der Waals surface area contributed by atoms with E-state index >= 15 is 0 Å². The lowest BCUT2D eigenvalue weighted by Crippen LogP contribution is -2.14. The van der Waals surface area contributed by atoms with Gasteiger partial charge in [0, 0.05) is 0 Å². The lowest BCUT2D eigenvalue weighted by atomic mass is 10.0. The predicted octanol–water partition coefficient (Wildman–Crippen LogP) is 3.23. The number of hydrogen-bond acceptors (Lipinski definition) is 5. The molecule has 1 aromatic heterocycles. The molecule has 2 aromatic carbocycles. The SMILES string of the molecule is CC[C@@H](Nc1nnnn1-c1ccccc1)c1ccc(OC)cc1. The van der Waals surface area contributed by atoms with Crippen LogP contribution in [-0.4, -0.2) is 27.3 Å². The van der Waals surface area contributed by atoms with Crippen molar-refractivity contribution in [2.24, 2.45) is 0 Å². The van der Waals surface area contributed by atoms with Gasteiger partial charge in [-0.2, -0.15) is 4.68 Å². The molecular weight excluding hydrogens is 290 g/mol. The Morgan fingerprint density at radius 1 is 1.09 bits per heavy atom. The summed E-state index contributed by atoms with van der Waals surface area (Å²) in [5.74, 6) is 1.47. The quantitative estimate of drug-likeness (QED) is 0.757. The number of hydrogen-bond donors (Lipinski definition) is 1. The predicted molar refractivity (Wildman–Crippen MR) is 88.8 cm³/mol. The van der Waals surface area contributed by atoms with Gasteiger partial charge in [0.05, 0.1) is 18.8 Å². The molecule has 0 bridgehead atoms. The first kappa shape index (κ1) is 15.0. The first-order valence-electron chi connectivity index (χ1n) is 7.56. The van der Waals surface area contributed by atoms with Gasteiger partial charge in [-0.25, -0.2) is 0 Å². The Hall–Kier alpha value is -2.89. The summed E-state index contributed by atoms with van der Waals surface area (Å²) in [5, 5.41) is 15.4. The standard InChI is InChI=1S/C17H19N5O/c1-3-16(13-9-11-15(23-2)12-10-13)18-17-19-20-21-22(17)14-7-5-4-6-8-14/h4-12,16H,3H2,1-2H3,(H,18,19,21)/t16-/m1/s1. The van der Waals surface area contributed by atoms with Gasteiger partial charge in [0.2, 0.25) is 5.95 Å². The van der Waals surface area contributed by atoms with Crippen molar-refractivity contribution < 1.29 is 4.74 Å². The Labute approximate surface area is 135 Å². The van der Waals surface area contributed by atoms with Crippen LogP contribution in [0.3, 0.4) is 0 Å². The van der Waals surface area contributed by atoms with Crippen molar-refractivity contribution in [3.05, 3.63) is 60.2 Å². The Morgan fingerprint density at radius 2 is 1.83 bits per heavy atom. The highest BCUT2D eigenvalue weighted by atomic mass is 16.5. The molecule has 0 amide bonds. The van der Waals surface area contributed by atoms with E-state index in [0.717, 1.165) is 23.4 Å². The summed E-state index contributed by atoms with van der Waals surface area (Å²) < 4.78 is 6.91. The van der Waals surface area contributed by atoms with E-state index < -0.39 is 0 Å². The molecule has 0 aliphatic rings. The fourth-order valence-corrected chi connectivity index (χ4v) is 2.43. The summed E-state index contributed by atoms with van der Waals surface area (Å²) in [7, 11) is 1.67. The number of rotatable bonds is 6. The van der Waals surface area contributed by atoms with Crippen molar-refractivity contribution in [1.29, 1.82) is 0 Å². The summed E-state index contributed by atoms with van der Waals surface area (Å²) in [4.78, 5) is 0. The third kappa shape index (κ3) is 3.31. The van der Waals surface area contributed by atoms with Crippen LogP contribution in [0, 0.1) is 0 Å². The fraction of sp³-hybridized carbons (Fsp3) is 0.235. The Balaban J connectivity index is 1.84. The molecule has 0 saturated carbocycles. The number of aromatic nitrogens is 4. The minimum atomic E-state index is 0.120. The first-order valence-corrected chi connectivity index (χ1v) is 7.56. The maximum absolute atomic E-state index is 5.21. The van der Waals surface area contributed by atoms with Gasteiger partial charge in [0.15, 0.2) is 0 Å². The monoisotopic (exact) mass is 309 g/mol. The van der Waals surface area contributed by atoms with Gasteiger partial charge < -0.3 is 10.1 Å². The van der Waals surface area contributed by atoms with Gasteiger partial charge in [-0.3, -0.25) is 0 Å². The molecule has 3 aromatic rings. The van der Waals surface area contributed by atoms with Crippen LogP contribution in [0.2, 0.25) is 0 Å². The number of nitrogens with one attached hydrogen (secondary N) is 1. The Bertz CT molecular complexity index is 739. The van der Waals surface area contributed by atoms with Crippen molar-refractivity contribution in [1.82, 2.24) is 20.2 Å². The largest absolute Gasteiger partial charge is 0.497 e. The molecule has 23 heavy (non-hydrogen) atoms. The van der Waals surface area contributed by atoms with E-state index in [1.807, 2.05) is 42.5 Å². The van der Waals surface area contributed by atoms with Gasteiger partial charge in [-0.1, -0.05) is 42.4 Å². The van der Waals surface area contributed by atoms with E-state index in [1.165, 1.54) is 0 Å². The van der Waals surface area contributed by atoms with Crippen LogP contribution in [0.25, 0.3) is 5.69 Å². The second kappa shape index (κ2) is 6.91. The molecule has 0 aliphatic carbocycles. The van der Waals surface area contributed by atoms with Gasteiger partial charge >= 0.3 is 0 Å². The average Bonchev–Trinajstić information content (AvgIpc) is 3.09. The van der Waals surface area contributed by atoms with Gasteiger partial charge in [-0.05, 0) is 46.7 Å². The van der Waals surface area contributed by atoms with Crippen LogP contribution < -0.4 is 10.1 Å². The van der Waals surface area contributed by atoms with E-state index in [-0.39, 0.29) is 6.04 Å². The normalized spacial score (nSPS) is 11.9. The Kier molecular flexibility index (Phi) is 4.52. The minimum Gasteiger partial charge on any atom is -0.497 e. The molecule has 118 valence electrons. The van der Waals surface area contributed by atoms with E-state index in [1.54, 1.807) is 11.8 Å². The highest BCUT2D eigenvalue weighted by Crippen LogP contribution is 2.24. The number of benzene rings is 2. The highest BCUT2D eigenvalue weighted by molar-refractivity contribution is 5.41. The Morgan fingerprint density at radius 3 is 2.48 bits per heavy atom. The van der Waals surface area contributed by atoms with Gasteiger partial charge in [-0.15, -0.1) is 0 Å². The lowest BCUT2D eigenvalue weighted by molar-refractivity contribution is 0.414. The summed E-state index contributed by atoms with van der Waals surface area (Å²) >= 11 is 0. The molecule has 0 unspecified atom stereocenters. The molecule has 1 N–H and O–H groups in total. The molecule has 0 fully saturated rings. The zero-order valence-corrected chi connectivity index (χ0v) is 13.2.